The van der Waals surface area contributed by atoms with Crippen molar-refractivity contribution < 1.29 is 17.4 Å². The van der Waals surface area contributed by atoms with E-state index in [1.54, 1.807) is 12.1 Å². The molecular weight excluding hydrogens is 408 g/mol. The Labute approximate surface area is 187 Å². The van der Waals surface area contributed by atoms with Gasteiger partial charge in [-0.25, -0.2) is 0 Å². The molecule has 4 fully saturated rings. The predicted molar refractivity (Wildman–Crippen MR) is 120 cm³/mol. The first-order chi connectivity index (χ1) is 14.6. The lowest BCUT2D eigenvalue weighted by molar-refractivity contribution is -0.141. The summed E-state index contributed by atoms with van der Waals surface area (Å²) >= 11 is 0. The minimum atomic E-state index is -3.72. The lowest BCUT2D eigenvalue weighted by Crippen LogP contribution is -2.54. The zero-order chi connectivity index (χ0) is 22.0. The van der Waals surface area contributed by atoms with Gasteiger partial charge < -0.3 is 0 Å². The number of benzene rings is 1. The van der Waals surface area contributed by atoms with E-state index in [4.69, 9.17) is 4.18 Å². The first kappa shape index (κ1) is 21.6. The van der Waals surface area contributed by atoms with Crippen LogP contribution < -0.4 is 0 Å². The molecule has 0 amide bonds. The van der Waals surface area contributed by atoms with Gasteiger partial charge in [-0.15, -0.1) is 0 Å². The molecule has 0 unspecified atom stereocenters. The molecule has 4 saturated carbocycles. The fraction of sp³-hybridized carbons (Fsp3) is 0.731. The van der Waals surface area contributed by atoms with E-state index in [1.807, 2.05) is 19.1 Å². The van der Waals surface area contributed by atoms with Crippen molar-refractivity contribution in [2.45, 2.75) is 89.6 Å². The molecule has 170 valence electrons. The van der Waals surface area contributed by atoms with Crippen LogP contribution in [-0.4, -0.2) is 20.3 Å². The Morgan fingerprint density at radius 1 is 0.935 bits per heavy atom. The van der Waals surface area contributed by atoms with Crippen LogP contribution in [0.3, 0.4) is 0 Å². The summed E-state index contributed by atoms with van der Waals surface area (Å²) in [5.41, 5.74) is 1.22. The van der Waals surface area contributed by atoms with Crippen molar-refractivity contribution in [3.63, 3.8) is 0 Å². The molecule has 0 bridgehead atoms. The van der Waals surface area contributed by atoms with Gasteiger partial charge in [-0.2, -0.15) is 8.42 Å². The second-order valence-corrected chi connectivity index (χ2v) is 12.9. The molecule has 1 aromatic rings. The Kier molecular flexibility index (Phi) is 5.17. The minimum absolute atomic E-state index is 0.0766. The van der Waals surface area contributed by atoms with Crippen LogP contribution in [0.1, 0.15) is 77.2 Å². The van der Waals surface area contributed by atoms with E-state index in [0.717, 1.165) is 56.9 Å². The third-order valence-corrected chi connectivity index (χ3v) is 11.3. The molecule has 0 N–H and O–H groups in total. The highest BCUT2D eigenvalue weighted by Gasteiger charge is 2.60. The SMILES string of the molecule is Cc1ccc(S(=O)(=O)O[C@@H]2CC[C@]3(C)[C@@H](CC[C@H]4[C@H]5CCC(=O)[C@]5(C)CC[C@@H]43)C2)cc1. The van der Waals surface area contributed by atoms with Crippen LogP contribution in [-0.2, 0) is 19.1 Å². The molecule has 0 heterocycles. The maximum atomic E-state index is 12.8. The van der Waals surface area contributed by atoms with E-state index >= 15 is 0 Å². The van der Waals surface area contributed by atoms with E-state index in [-0.39, 0.29) is 21.8 Å². The topological polar surface area (TPSA) is 60.4 Å². The largest absolute Gasteiger partial charge is 0.299 e. The van der Waals surface area contributed by atoms with Gasteiger partial charge in [-0.3, -0.25) is 8.98 Å². The average Bonchev–Trinajstić information content (AvgIpc) is 3.03. The highest BCUT2D eigenvalue weighted by molar-refractivity contribution is 7.86. The minimum Gasteiger partial charge on any atom is -0.299 e. The third kappa shape index (κ3) is 3.42. The van der Waals surface area contributed by atoms with Gasteiger partial charge in [0.2, 0.25) is 0 Å². The molecule has 31 heavy (non-hydrogen) atoms. The van der Waals surface area contributed by atoms with Crippen molar-refractivity contribution >= 4 is 15.9 Å². The number of carbonyl (C=O) groups is 1. The van der Waals surface area contributed by atoms with Crippen molar-refractivity contribution in [1.82, 2.24) is 0 Å². The van der Waals surface area contributed by atoms with Gasteiger partial charge in [0.1, 0.15) is 5.78 Å². The van der Waals surface area contributed by atoms with E-state index in [9.17, 15) is 13.2 Å². The zero-order valence-electron chi connectivity index (χ0n) is 19.1. The molecule has 7 atom stereocenters. The second-order valence-electron chi connectivity index (χ2n) is 11.3. The number of ketones is 1. The normalized spacial score (nSPS) is 42.5. The van der Waals surface area contributed by atoms with E-state index in [2.05, 4.69) is 13.8 Å². The number of rotatable bonds is 3. The molecular formula is C26H36O4S. The van der Waals surface area contributed by atoms with Gasteiger partial charge >= 0.3 is 0 Å². The molecule has 0 spiro atoms. The second kappa shape index (κ2) is 7.41. The van der Waals surface area contributed by atoms with Gasteiger partial charge in [0.25, 0.3) is 10.1 Å². The fourth-order valence-corrected chi connectivity index (χ4v) is 9.13. The Hall–Kier alpha value is -1.20. The first-order valence-corrected chi connectivity index (χ1v) is 13.6. The van der Waals surface area contributed by atoms with Crippen LogP contribution in [0.2, 0.25) is 0 Å². The number of hydrogen-bond acceptors (Lipinski definition) is 4. The number of carbonyl (C=O) groups excluding carboxylic acids is 1. The van der Waals surface area contributed by atoms with Crippen LogP contribution in [0, 0.1) is 41.4 Å². The van der Waals surface area contributed by atoms with Gasteiger partial charge in [0.15, 0.2) is 0 Å². The van der Waals surface area contributed by atoms with Crippen molar-refractivity contribution in [3.05, 3.63) is 29.8 Å². The van der Waals surface area contributed by atoms with Crippen LogP contribution in [0.15, 0.2) is 29.2 Å². The summed E-state index contributed by atoms with van der Waals surface area (Å²) in [5, 5.41) is 0. The average molecular weight is 445 g/mol. The molecule has 0 saturated heterocycles. The Morgan fingerprint density at radius 3 is 2.42 bits per heavy atom. The van der Waals surface area contributed by atoms with E-state index < -0.39 is 10.1 Å². The maximum Gasteiger partial charge on any atom is 0.297 e. The lowest BCUT2D eigenvalue weighted by Gasteiger charge is -2.60. The van der Waals surface area contributed by atoms with E-state index in [0.29, 0.717) is 29.5 Å². The number of aryl methyl sites for hydroxylation is 1. The summed E-state index contributed by atoms with van der Waals surface area (Å²) in [6.07, 6.45) is 8.85. The standard InChI is InChI=1S/C26H36O4S/c1-17-4-7-20(8-5-17)31(28,29)30-19-12-14-25(2)18(16-19)6-9-21-22-10-11-24(27)26(22,3)15-13-23(21)25/h4-5,7-8,18-19,21-23H,6,9-16H2,1-3H3/t18-,19+,21-,22+,23-,25+,26+/m0/s1. The van der Waals surface area contributed by atoms with Crippen molar-refractivity contribution in [3.8, 4) is 0 Å². The molecule has 0 aromatic heterocycles. The number of Topliss-reactive ketones (excluding diaryl/α,β-unsaturated/α-hetero) is 1. The van der Waals surface area contributed by atoms with Gasteiger partial charge in [-0.05, 0) is 99.5 Å². The summed E-state index contributed by atoms with van der Waals surface area (Å²) in [6.45, 7) is 6.64. The van der Waals surface area contributed by atoms with Crippen LogP contribution in [0.5, 0.6) is 0 Å². The van der Waals surface area contributed by atoms with Crippen LogP contribution in [0.4, 0.5) is 0 Å². The summed E-state index contributed by atoms with van der Waals surface area (Å²) in [4.78, 5) is 12.9. The van der Waals surface area contributed by atoms with Gasteiger partial charge in [0.05, 0.1) is 11.0 Å². The summed E-state index contributed by atoms with van der Waals surface area (Å²) in [7, 11) is -3.72. The maximum absolute atomic E-state index is 12.8. The quantitative estimate of drug-likeness (QED) is 0.563. The third-order valence-electron chi connectivity index (χ3n) is 9.90. The van der Waals surface area contributed by atoms with Crippen LogP contribution >= 0.6 is 0 Å². The lowest BCUT2D eigenvalue weighted by atomic mass is 9.45. The monoisotopic (exact) mass is 444 g/mol. The van der Waals surface area contributed by atoms with Crippen LogP contribution in [0.25, 0.3) is 0 Å². The highest BCUT2D eigenvalue weighted by atomic mass is 32.2. The first-order valence-electron chi connectivity index (χ1n) is 12.2. The number of hydrogen-bond donors (Lipinski definition) is 0. The fourth-order valence-electron chi connectivity index (χ4n) is 8.02. The molecule has 4 aliphatic carbocycles. The Morgan fingerprint density at radius 2 is 1.68 bits per heavy atom. The molecule has 5 heteroatoms. The zero-order valence-corrected chi connectivity index (χ0v) is 19.9. The molecule has 0 aliphatic heterocycles. The highest BCUT2D eigenvalue weighted by Crippen LogP contribution is 2.65. The van der Waals surface area contributed by atoms with Crippen molar-refractivity contribution in [1.29, 1.82) is 0 Å². The molecule has 4 nitrogen and oxygen atoms in total. The number of fused-ring (bicyclic) bond motifs is 5. The Bertz CT molecular complexity index is 968. The predicted octanol–water partition coefficient (Wildman–Crippen LogP) is 5.68. The summed E-state index contributed by atoms with van der Waals surface area (Å²) < 4.78 is 31.4. The van der Waals surface area contributed by atoms with E-state index in [1.165, 1.54) is 6.42 Å². The smallest absolute Gasteiger partial charge is 0.297 e. The van der Waals surface area contributed by atoms with Gasteiger partial charge in [-0.1, -0.05) is 31.5 Å². The molecule has 4 aliphatic rings. The summed E-state index contributed by atoms with van der Waals surface area (Å²) in [6, 6.07) is 6.93. The van der Waals surface area contributed by atoms with Crippen molar-refractivity contribution in [2.75, 3.05) is 0 Å². The molecule has 5 rings (SSSR count). The Balaban J connectivity index is 1.30. The molecule has 1 aromatic carbocycles. The van der Waals surface area contributed by atoms with Crippen molar-refractivity contribution in [2.24, 2.45) is 34.5 Å². The molecule has 0 radical (unpaired) electrons. The van der Waals surface area contributed by atoms with Gasteiger partial charge in [0, 0.05) is 11.8 Å². The summed E-state index contributed by atoms with van der Waals surface area (Å²) in [5.74, 6) is 2.92.